The second kappa shape index (κ2) is 6.22. The molecule has 1 saturated heterocycles. The lowest BCUT2D eigenvalue weighted by Crippen LogP contribution is -2.52. The Morgan fingerprint density at radius 1 is 1.29 bits per heavy atom. The molecular formula is C15H21ClN2O3. The van der Waals surface area contributed by atoms with E-state index >= 15 is 0 Å². The first kappa shape index (κ1) is 16.1. The molecule has 0 aliphatic carbocycles. The molecule has 1 aromatic rings. The lowest BCUT2D eigenvalue weighted by molar-refractivity contribution is 0.0178. The highest BCUT2D eigenvalue weighted by atomic mass is 35.5. The lowest BCUT2D eigenvalue weighted by atomic mass is 10.1. The number of carbonyl (C=O) groups is 1. The molecule has 0 spiro atoms. The minimum Gasteiger partial charge on any atom is -0.507 e. The summed E-state index contributed by atoms with van der Waals surface area (Å²) in [7, 11) is 0. The van der Waals surface area contributed by atoms with E-state index in [2.05, 4.69) is 4.90 Å². The first-order valence-corrected chi connectivity index (χ1v) is 7.36. The summed E-state index contributed by atoms with van der Waals surface area (Å²) >= 11 is 5.77. The van der Waals surface area contributed by atoms with E-state index in [9.17, 15) is 15.0 Å². The van der Waals surface area contributed by atoms with Crippen molar-refractivity contribution in [3.8, 4) is 5.75 Å². The van der Waals surface area contributed by atoms with Gasteiger partial charge in [-0.25, -0.2) is 0 Å². The molecule has 21 heavy (non-hydrogen) atoms. The molecule has 0 atom stereocenters. The van der Waals surface area contributed by atoms with Crippen LogP contribution in [-0.4, -0.2) is 64.2 Å². The Balaban J connectivity index is 1.97. The van der Waals surface area contributed by atoms with Gasteiger partial charge in [0, 0.05) is 37.7 Å². The molecule has 0 radical (unpaired) electrons. The number of hydrogen-bond acceptors (Lipinski definition) is 4. The van der Waals surface area contributed by atoms with Gasteiger partial charge in [0.05, 0.1) is 11.2 Å². The number of benzene rings is 1. The molecule has 1 aliphatic rings. The fourth-order valence-electron chi connectivity index (χ4n) is 2.51. The Bertz CT molecular complexity index is 520. The summed E-state index contributed by atoms with van der Waals surface area (Å²) in [5.74, 6) is -0.279. The van der Waals surface area contributed by atoms with E-state index in [1.54, 1.807) is 30.9 Å². The summed E-state index contributed by atoms with van der Waals surface area (Å²) < 4.78 is 0. The number of nitrogens with zero attached hydrogens (tertiary/aromatic N) is 2. The van der Waals surface area contributed by atoms with Crippen molar-refractivity contribution in [3.05, 3.63) is 28.8 Å². The van der Waals surface area contributed by atoms with Gasteiger partial charge >= 0.3 is 0 Å². The van der Waals surface area contributed by atoms with Crippen molar-refractivity contribution in [2.24, 2.45) is 0 Å². The first-order valence-electron chi connectivity index (χ1n) is 6.99. The standard InChI is InChI=1S/C15H21ClN2O3/c1-15(2,21)10-17-5-7-18(8-6-17)14(20)12-4-3-11(16)9-13(12)19/h3-4,9,19,21H,5-8,10H2,1-2H3. The lowest BCUT2D eigenvalue weighted by Gasteiger charge is -2.37. The largest absolute Gasteiger partial charge is 0.507 e. The molecule has 1 aromatic carbocycles. The van der Waals surface area contributed by atoms with Crippen molar-refractivity contribution in [2.45, 2.75) is 19.4 Å². The Morgan fingerprint density at radius 2 is 1.90 bits per heavy atom. The highest BCUT2D eigenvalue weighted by Gasteiger charge is 2.26. The maximum atomic E-state index is 12.4. The van der Waals surface area contributed by atoms with Crippen molar-refractivity contribution >= 4 is 17.5 Å². The zero-order chi connectivity index (χ0) is 15.6. The smallest absolute Gasteiger partial charge is 0.257 e. The number of hydrogen-bond donors (Lipinski definition) is 2. The number of β-amino-alcohol motifs (C(OH)–C–C–N with tert-alkyl or cyclic N) is 1. The monoisotopic (exact) mass is 312 g/mol. The molecule has 6 heteroatoms. The van der Waals surface area contributed by atoms with Crippen LogP contribution >= 0.6 is 11.6 Å². The topological polar surface area (TPSA) is 64.0 Å². The van der Waals surface area contributed by atoms with Gasteiger partial charge in [-0.05, 0) is 32.0 Å². The fourth-order valence-corrected chi connectivity index (χ4v) is 2.68. The third-order valence-electron chi connectivity index (χ3n) is 3.46. The van der Waals surface area contributed by atoms with Crippen LogP contribution in [0.2, 0.25) is 5.02 Å². The summed E-state index contributed by atoms with van der Waals surface area (Å²) in [5.41, 5.74) is -0.462. The number of piperazine rings is 1. The number of aromatic hydroxyl groups is 1. The average Bonchev–Trinajstić information content (AvgIpc) is 2.37. The molecule has 0 bridgehead atoms. The van der Waals surface area contributed by atoms with Gasteiger partial charge in [0.15, 0.2) is 0 Å². The third kappa shape index (κ3) is 4.33. The highest BCUT2D eigenvalue weighted by Crippen LogP contribution is 2.23. The molecule has 0 aromatic heterocycles. The fraction of sp³-hybridized carbons (Fsp3) is 0.533. The van der Waals surface area contributed by atoms with Crippen molar-refractivity contribution in [2.75, 3.05) is 32.7 Å². The molecule has 0 saturated carbocycles. The van der Waals surface area contributed by atoms with Crippen LogP contribution in [0.3, 0.4) is 0 Å². The first-order chi connectivity index (χ1) is 9.76. The minimum absolute atomic E-state index is 0.0913. The Hall–Kier alpha value is -1.30. The number of halogens is 1. The number of carbonyl (C=O) groups excluding carboxylic acids is 1. The number of aliphatic hydroxyl groups is 1. The predicted molar refractivity (Wildman–Crippen MR) is 81.8 cm³/mol. The zero-order valence-electron chi connectivity index (χ0n) is 12.3. The van der Waals surface area contributed by atoms with Crippen LogP contribution in [0.5, 0.6) is 5.75 Å². The van der Waals surface area contributed by atoms with E-state index in [0.717, 1.165) is 0 Å². The Kier molecular flexibility index (Phi) is 4.76. The number of rotatable bonds is 3. The molecule has 1 heterocycles. The second-order valence-electron chi connectivity index (χ2n) is 6.04. The van der Waals surface area contributed by atoms with Crippen molar-refractivity contribution in [1.29, 1.82) is 0 Å². The van der Waals surface area contributed by atoms with E-state index in [1.807, 2.05) is 0 Å². The van der Waals surface area contributed by atoms with Crippen LogP contribution in [-0.2, 0) is 0 Å². The van der Waals surface area contributed by atoms with Crippen LogP contribution in [0.25, 0.3) is 0 Å². The zero-order valence-corrected chi connectivity index (χ0v) is 13.1. The second-order valence-corrected chi connectivity index (χ2v) is 6.48. The van der Waals surface area contributed by atoms with Gasteiger partial charge in [0.25, 0.3) is 5.91 Å². The normalized spacial score (nSPS) is 17.0. The van der Waals surface area contributed by atoms with Gasteiger partial charge in [-0.15, -0.1) is 0 Å². The third-order valence-corrected chi connectivity index (χ3v) is 3.70. The van der Waals surface area contributed by atoms with E-state index in [1.165, 1.54) is 6.07 Å². The SMILES string of the molecule is CC(C)(O)CN1CCN(C(=O)c2ccc(Cl)cc2O)CC1. The maximum absolute atomic E-state index is 12.4. The van der Waals surface area contributed by atoms with Gasteiger partial charge in [-0.2, -0.15) is 0 Å². The number of phenols is 1. The molecule has 1 fully saturated rings. The van der Waals surface area contributed by atoms with Gasteiger partial charge < -0.3 is 15.1 Å². The van der Waals surface area contributed by atoms with Crippen molar-refractivity contribution < 1.29 is 15.0 Å². The molecule has 5 nitrogen and oxygen atoms in total. The van der Waals surface area contributed by atoms with Gasteiger partial charge in [0.2, 0.25) is 0 Å². The van der Waals surface area contributed by atoms with E-state index in [-0.39, 0.29) is 17.2 Å². The molecule has 1 aliphatic heterocycles. The molecule has 1 amide bonds. The average molecular weight is 313 g/mol. The maximum Gasteiger partial charge on any atom is 0.257 e. The molecule has 2 rings (SSSR count). The quantitative estimate of drug-likeness (QED) is 0.889. The van der Waals surface area contributed by atoms with Crippen LogP contribution in [0, 0.1) is 0 Å². The van der Waals surface area contributed by atoms with E-state index < -0.39 is 5.60 Å². The highest BCUT2D eigenvalue weighted by molar-refractivity contribution is 6.30. The summed E-state index contributed by atoms with van der Waals surface area (Å²) in [6.07, 6.45) is 0. The van der Waals surface area contributed by atoms with Crippen molar-refractivity contribution in [1.82, 2.24) is 9.80 Å². The summed E-state index contributed by atoms with van der Waals surface area (Å²) in [4.78, 5) is 16.2. The number of phenolic OH excluding ortho intramolecular Hbond substituents is 1. The predicted octanol–water partition coefficient (Wildman–Crippen LogP) is 1.57. The van der Waals surface area contributed by atoms with Crippen LogP contribution in [0.4, 0.5) is 0 Å². The van der Waals surface area contributed by atoms with Crippen molar-refractivity contribution in [3.63, 3.8) is 0 Å². The van der Waals surface area contributed by atoms with E-state index in [0.29, 0.717) is 37.7 Å². The molecule has 116 valence electrons. The molecule has 2 N–H and O–H groups in total. The summed E-state index contributed by atoms with van der Waals surface area (Å²) in [5, 5.41) is 20.0. The molecular weight excluding hydrogens is 292 g/mol. The molecule has 0 unspecified atom stereocenters. The van der Waals surface area contributed by atoms with Crippen LogP contribution in [0.1, 0.15) is 24.2 Å². The van der Waals surface area contributed by atoms with Crippen LogP contribution < -0.4 is 0 Å². The number of amides is 1. The Morgan fingerprint density at radius 3 is 2.43 bits per heavy atom. The van der Waals surface area contributed by atoms with E-state index in [4.69, 9.17) is 11.6 Å². The van der Waals surface area contributed by atoms with Gasteiger partial charge in [-0.3, -0.25) is 9.69 Å². The minimum atomic E-state index is -0.735. The van der Waals surface area contributed by atoms with Gasteiger partial charge in [0.1, 0.15) is 5.75 Å². The van der Waals surface area contributed by atoms with Crippen LogP contribution in [0.15, 0.2) is 18.2 Å². The summed E-state index contributed by atoms with van der Waals surface area (Å²) in [6.45, 7) is 6.72. The van der Waals surface area contributed by atoms with Gasteiger partial charge in [-0.1, -0.05) is 11.6 Å². The Labute approximate surface area is 129 Å². The summed E-state index contributed by atoms with van der Waals surface area (Å²) in [6, 6.07) is 4.52.